The number of amides is 1. The van der Waals surface area contributed by atoms with Crippen molar-refractivity contribution < 1.29 is 34.5 Å². The highest BCUT2D eigenvalue weighted by atomic mass is 32.5. The standard InChI is InChI=1S/C16H19F5N6O2S2/c1-27(23)16(25-22)30-14-8-5-11(26-29-2)9-13(14)15(28)24-10-3-6-12(7-4-10)31(17,18,19,20)21/h3-9,26H,22-23H2,1-2H3,(H,24,28)/p+1/b25-16+. The van der Waals surface area contributed by atoms with Crippen LogP contribution in [0, 0.1) is 0 Å². The molecule has 0 saturated heterocycles. The number of halogens is 5. The van der Waals surface area contributed by atoms with Crippen LogP contribution in [-0.2, 0) is 4.84 Å². The van der Waals surface area contributed by atoms with E-state index in [9.17, 15) is 24.2 Å². The molecular weight excluding hydrogens is 467 g/mol. The molecule has 2 aromatic carbocycles. The number of rotatable bonds is 6. The molecule has 15 heteroatoms. The largest absolute Gasteiger partial charge is 0.322 e. The van der Waals surface area contributed by atoms with E-state index in [-0.39, 0.29) is 28.6 Å². The minimum Gasteiger partial charge on any atom is -0.322 e. The molecule has 0 unspecified atom stereocenters. The Kier molecular flexibility index (Phi) is 6.49. The second-order valence-corrected chi connectivity index (χ2v) is 9.60. The number of benzene rings is 2. The molecule has 0 radical (unpaired) electrons. The number of hydrogen-bond acceptors (Lipinski definition) is 6. The van der Waals surface area contributed by atoms with E-state index in [0.29, 0.717) is 10.6 Å². The number of amidine groups is 1. The molecule has 172 valence electrons. The molecule has 0 heterocycles. The maximum atomic E-state index is 12.9. The van der Waals surface area contributed by atoms with Crippen molar-refractivity contribution in [3.8, 4) is 0 Å². The third-order valence-corrected chi connectivity index (χ3v) is 5.99. The Bertz CT molecular complexity index is 1000. The molecule has 0 bridgehead atoms. The third-order valence-electron chi connectivity index (χ3n) is 3.67. The molecule has 7 N–H and O–H groups in total. The van der Waals surface area contributed by atoms with Crippen LogP contribution >= 0.6 is 22.0 Å². The number of nitrogens with zero attached hydrogens (tertiary/aromatic N) is 2. The van der Waals surface area contributed by atoms with Gasteiger partial charge in [0.05, 0.1) is 12.7 Å². The lowest BCUT2D eigenvalue weighted by Crippen LogP contribution is -2.75. The van der Waals surface area contributed by atoms with Crippen LogP contribution in [0.25, 0.3) is 0 Å². The summed E-state index contributed by atoms with van der Waals surface area (Å²) in [5, 5.41) is 7.17. The topological polar surface area (TPSA) is 123 Å². The van der Waals surface area contributed by atoms with Crippen LogP contribution in [0.4, 0.5) is 30.8 Å². The van der Waals surface area contributed by atoms with E-state index in [0.717, 1.165) is 28.9 Å². The number of hydrazine groups is 1. The maximum absolute atomic E-state index is 12.9. The normalized spacial score (nSPS) is 14.5. The molecule has 8 nitrogen and oxygen atoms in total. The Morgan fingerprint density at radius 3 is 2.26 bits per heavy atom. The van der Waals surface area contributed by atoms with Gasteiger partial charge in [-0.3, -0.25) is 9.80 Å². The van der Waals surface area contributed by atoms with Gasteiger partial charge in [0.2, 0.25) is 5.17 Å². The average molecular weight is 488 g/mol. The van der Waals surface area contributed by atoms with Crippen LogP contribution in [0.1, 0.15) is 10.4 Å². The molecule has 1 amide bonds. The van der Waals surface area contributed by atoms with E-state index >= 15 is 0 Å². The molecule has 31 heavy (non-hydrogen) atoms. The van der Waals surface area contributed by atoms with Gasteiger partial charge in [-0.2, -0.15) is 10.6 Å². The number of hydrazone groups is 1. The molecule has 0 aliphatic rings. The lowest BCUT2D eigenvalue weighted by molar-refractivity contribution is -0.830. The zero-order chi connectivity index (χ0) is 23.5. The molecule has 0 fully saturated rings. The van der Waals surface area contributed by atoms with Gasteiger partial charge < -0.3 is 11.2 Å². The summed E-state index contributed by atoms with van der Waals surface area (Å²) in [6.45, 7) is 0. The summed E-state index contributed by atoms with van der Waals surface area (Å²) in [5.41, 5.74) is 1.86. The van der Waals surface area contributed by atoms with E-state index in [1.54, 1.807) is 12.1 Å². The maximum Gasteiger partial charge on any atom is 0.310 e. The summed E-state index contributed by atoms with van der Waals surface area (Å²) >= 11 is 0.961. The number of carbonyl (C=O) groups excluding carboxylic acids is 1. The second kappa shape index (κ2) is 8.16. The predicted molar refractivity (Wildman–Crippen MR) is 110 cm³/mol. The Morgan fingerprint density at radius 2 is 1.77 bits per heavy atom. The van der Waals surface area contributed by atoms with Gasteiger partial charge >= 0.3 is 10.2 Å². The lowest BCUT2D eigenvalue weighted by Gasteiger charge is -2.40. The van der Waals surface area contributed by atoms with Gasteiger partial charge in [0.15, 0.2) is 5.69 Å². The summed E-state index contributed by atoms with van der Waals surface area (Å²) in [4.78, 5) is 16.0. The quantitative estimate of drug-likeness (QED) is 0.0941. The Labute approximate surface area is 178 Å². The highest BCUT2D eigenvalue weighted by Crippen LogP contribution is 3.02. The van der Waals surface area contributed by atoms with E-state index in [1.165, 1.54) is 25.7 Å². The molecule has 0 spiro atoms. The van der Waals surface area contributed by atoms with Gasteiger partial charge in [0, 0.05) is 29.8 Å². The van der Waals surface area contributed by atoms with Crippen LogP contribution in [0.15, 0.2) is 57.4 Å². The first kappa shape index (κ1) is 24.7. The molecule has 2 aromatic rings. The number of nitrogens with one attached hydrogen (secondary N) is 1. The summed E-state index contributed by atoms with van der Waals surface area (Å²) < 4.78 is 64.3. The zero-order valence-corrected chi connectivity index (χ0v) is 17.8. The fourth-order valence-electron chi connectivity index (χ4n) is 2.31. The van der Waals surface area contributed by atoms with Crippen molar-refractivity contribution >= 4 is 44.4 Å². The van der Waals surface area contributed by atoms with Gasteiger partial charge in [-0.05, 0) is 42.1 Å². The van der Waals surface area contributed by atoms with Crippen molar-refractivity contribution in [2.75, 3.05) is 19.5 Å². The SMILES string of the molecule is CO[NH2+]c1ccc(S/C(=N/N)N(C)N)c(C(=O)Nc2ccc(S(F)(F)(F)(F)F)cc2)c1. The smallest absolute Gasteiger partial charge is 0.310 e. The van der Waals surface area contributed by atoms with Crippen molar-refractivity contribution in [3.63, 3.8) is 0 Å². The van der Waals surface area contributed by atoms with Crippen molar-refractivity contribution in [2.24, 2.45) is 16.8 Å². The first-order valence-corrected chi connectivity index (χ1v) is 11.0. The van der Waals surface area contributed by atoms with Crippen molar-refractivity contribution in [1.29, 1.82) is 0 Å². The van der Waals surface area contributed by atoms with Crippen molar-refractivity contribution in [1.82, 2.24) is 5.01 Å². The molecule has 0 aliphatic heterocycles. The van der Waals surface area contributed by atoms with Crippen LogP contribution in [-0.4, -0.2) is 30.2 Å². The van der Waals surface area contributed by atoms with Crippen LogP contribution in [0.2, 0.25) is 0 Å². The van der Waals surface area contributed by atoms with E-state index in [1.807, 2.05) is 0 Å². The number of anilines is 1. The first-order valence-electron chi connectivity index (χ1n) is 8.24. The summed E-state index contributed by atoms with van der Waals surface area (Å²) in [6.07, 6.45) is 0. The number of carbonyl (C=O) groups is 1. The predicted octanol–water partition coefficient (Wildman–Crippen LogP) is 3.48. The zero-order valence-electron chi connectivity index (χ0n) is 16.2. The third kappa shape index (κ3) is 6.70. The molecule has 0 atom stereocenters. The number of quaternary nitrogens is 1. The summed E-state index contributed by atoms with van der Waals surface area (Å²) in [6, 6.07) is 6.56. The van der Waals surface area contributed by atoms with Gasteiger partial charge in [-0.15, -0.1) is 0 Å². The van der Waals surface area contributed by atoms with Gasteiger partial charge in [-0.1, -0.05) is 19.4 Å². The number of thioether (sulfide) groups is 1. The Morgan fingerprint density at radius 1 is 1.16 bits per heavy atom. The molecule has 2 rings (SSSR count). The van der Waals surface area contributed by atoms with Gasteiger partial charge in [0.1, 0.15) is 4.90 Å². The van der Waals surface area contributed by atoms with Gasteiger partial charge in [-0.25, -0.2) is 10.7 Å². The van der Waals surface area contributed by atoms with E-state index in [2.05, 4.69) is 10.4 Å². The van der Waals surface area contributed by atoms with Gasteiger partial charge in [0.25, 0.3) is 5.91 Å². The average Bonchev–Trinajstić information content (AvgIpc) is 2.65. The van der Waals surface area contributed by atoms with Crippen molar-refractivity contribution in [2.45, 2.75) is 9.79 Å². The van der Waals surface area contributed by atoms with Crippen molar-refractivity contribution in [3.05, 3.63) is 48.0 Å². The van der Waals surface area contributed by atoms with Crippen LogP contribution in [0.3, 0.4) is 0 Å². The monoisotopic (exact) mass is 487 g/mol. The summed E-state index contributed by atoms with van der Waals surface area (Å²) in [5.74, 6) is 10.2. The minimum absolute atomic E-state index is 0.0931. The molecule has 0 aromatic heterocycles. The Hall–Kier alpha value is -2.59. The molecule has 0 aliphatic carbocycles. The first-order chi connectivity index (χ1) is 14.1. The number of hydrogen-bond donors (Lipinski definition) is 4. The number of nitrogens with two attached hydrogens (primary N) is 3. The fraction of sp³-hybridized carbons (Fsp3) is 0.125. The Balaban J connectivity index is 2.36. The minimum atomic E-state index is -9.81. The summed E-state index contributed by atoms with van der Waals surface area (Å²) in [7, 11) is -6.92. The second-order valence-electron chi connectivity index (χ2n) is 6.18. The lowest BCUT2D eigenvalue weighted by atomic mass is 10.2. The van der Waals surface area contributed by atoms with E-state index < -0.39 is 21.0 Å². The molecular formula is C16H20F5N6O2S2+. The highest BCUT2D eigenvalue weighted by Gasteiger charge is 2.65. The fourth-order valence-corrected chi connectivity index (χ4v) is 3.75. The molecule has 0 saturated carbocycles. The van der Waals surface area contributed by atoms with Crippen LogP contribution < -0.4 is 22.5 Å². The highest BCUT2D eigenvalue weighted by molar-refractivity contribution is 8.45. The van der Waals surface area contributed by atoms with E-state index in [4.69, 9.17) is 16.5 Å². The van der Waals surface area contributed by atoms with Crippen LogP contribution in [0.5, 0.6) is 0 Å².